The van der Waals surface area contributed by atoms with Gasteiger partial charge in [-0.1, -0.05) is 6.07 Å². The van der Waals surface area contributed by atoms with Crippen LogP contribution in [0.1, 0.15) is 24.1 Å². The number of nitrogens with one attached hydrogen (secondary N) is 2. The quantitative estimate of drug-likeness (QED) is 0.347. The summed E-state index contributed by atoms with van der Waals surface area (Å²) in [7, 11) is 3.52. The second kappa shape index (κ2) is 12.0. The summed E-state index contributed by atoms with van der Waals surface area (Å²) in [6.07, 6.45) is 6.72. The molecule has 1 heterocycles. The zero-order chi connectivity index (χ0) is 17.4. The summed E-state index contributed by atoms with van der Waals surface area (Å²) < 4.78 is 0. The van der Waals surface area contributed by atoms with Gasteiger partial charge in [0.1, 0.15) is 6.54 Å². The number of likely N-dealkylation sites (N-methyl/N-ethyl adjacent to an activating group) is 1. The molecule has 5 nitrogen and oxygen atoms in total. The Morgan fingerprint density at radius 2 is 2.24 bits per heavy atom. The van der Waals surface area contributed by atoms with E-state index in [0.29, 0.717) is 6.04 Å². The number of amides is 1. The molecule has 25 heavy (non-hydrogen) atoms. The zero-order valence-electron chi connectivity index (χ0n) is 15.2. The molecule has 1 aromatic heterocycles. The van der Waals surface area contributed by atoms with Crippen LogP contribution >= 0.6 is 47.1 Å². The minimum Gasteiger partial charge on any atom is -0.356 e. The third kappa shape index (κ3) is 8.17. The van der Waals surface area contributed by atoms with E-state index >= 15 is 0 Å². The van der Waals surface area contributed by atoms with E-state index in [9.17, 15) is 4.79 Å². The van der Waals surface area contributed by atoms with Gasteiger partial charge in [0.2, 0.25) is 5.91 Å². The van der Waals surface area contributed by atoms with E-state index in [1.807, 2.05) is 11.8 Å². The normalized spacial score (nSPS) is 20.0. The van der Waals surface area contributed by atoms with Crippen molar-refractivity contribution in [2.24, 2.45) is 4.99 Å². The number of aliphatic imine (C=N–C) groups is 1. The van der Waals surface area contributed by atoms with Crippen LogP contribution in [0.15, 0.2) is 22.5 Å². The first-order valence-electron chi connectivity index (χ1n) is 8.38. The molecule has 0 spiro atoms. The monoisotopic (exact) mass is 496 g/mol. The van der Waals surface area contributed by atoms with Gasteiger partial charge in [-0.15, -0.1) is 35.3 Å². The van der Waals surface area contributed by atoms with Crippen molar-refractivity contribution >= 4 is 58.9 Å². The number of hydrogen-bond acceptors (Lipinski definition) is 4. The maximum atomic E-state index is 11.8. The molecule has 2 N–H and O–H groups in total. The highest BCUT2D eigenvalue weighted by Crippen LogP contribution is 2.28. The molecule has 0 aliphatic heterocycles. The van der Waals surface area contributed by atoms with E-state index in [-0.39, 0.29) is 36.4 Å². The Bertz CT molecular complexity index is 537. The van der Waals surface area contributed by atoms with E-state index < -0.39 is 0 Å². The number of thiophene rings is 1. The van der Waals surface area contributed by atoms with Crippen molar-refractivity contribution in [2.75, 3.05) is 33.4 Å². The molecule has 142 valence electrons. The maximum Gasteiger partial charge on any atom is 0.243 e. The Labute approximate surface area is 176 Å². The van der Waals surface area contributed by atoms with Crippen LogP contribution in [0.2, 0.25) is 0 Å². The molecule has 0 saturated heterocycles. The van der Waals surface area contributed by atoms with Gasteiger partial charge in [-0.2, -0.15) is 11.8 Å². The van der Waals surface area contributed by atoms with Crippen molar-refractivity contribution in [1.82, 2.24) is 15.5 Å². The molecule has 0 radical (unpaired) electrons. The van der Waals surface area contributed by atoms with Crippen LogP contribution in [0.4, 0.5) is 0 Å². The third-order valence-electron chi connectivity index (χ3n) is 4.17. The Morgan fingerprint density at radius 1 is 1.44 bits per heavy atom. The van der Waals surface area contributed by atoms with Crippen LogP contribution in [-0.2, 0) is 11.2 Å². The molecule has 0 bridgehead atoms. The van der Waals surface area contributed by atoms with E-state index in [1.54, 1.807) is 30.3 Å². The fourth-order valence-electron chi connectivity index (χ4n) is 2.68. The number of carbonyl (C=O) groups is 1. The van der Waals surface area contributed by atoms with Crippen molar-refractivity contribution in [3.63, 3.8) is 0 Å². The lowest BCUT2D eigenvalue weighted by Crippen LogP contribution is -2.44. The highest BCUT2D eigenvalue weighted by atomic mass is 127. The van der Waals surface area contributed by atoms with Crippen LogP contribution in [0.5, 0.6) is 0 Å². The first-order valence-corrected chi connectivity index (χ1v) is 10.6. The predicted octanol–water partition coefficient (Wildman–Crippen LogP) is 2.82. The molecule has 1 amide bonds. The Hall–Kier alpha value is -0.480. The van der Waals surface area contributed by atoms with Gasteiger partial charge in [0.15, 0.2) is 5.96 Å². The van der Waals surface area contributed by atoms with Crippen LogP contribution in [0.3, 0.4) is 0 Å². The van der Waals surface area contributed by atoms with Gasteiger partial charge in [0.05, 0.1) is 0 Å². The molecule has 2 atom stereocenters. The number of nitrogens with zero attached hydrogens (tertiary/aromatic N) is 2. The van der Waals surface area contributed by atoms with Crippen molar-refractivity contribution in [1.29, 1.82) is 0 Å². The Kier molecular flexibility index (Phi) is 10.8. The molecular weight excluding hydrogens is 467 g/mol. The molecule has 2 rings (SSSR count). The summed E-state index contributed by atoms with van der Waals surface area (Å²) in [6, 6.07) is 4.67. The molecule has 1 aromatic rings. The van der Waals surface area contributed by atoms with Gasteiger partial charge < -0.3 is 15.5 Å². The number of halogens is 1. The predicted molar refractivity (Wildman–Crippen MR) is 121 cm³/mol. The topological polar surface area (TPSA) is 56.7 Å². The lowest BCUT2D eigenvalue weighted by Gasteiger charge is -2.18. The van der Waals surface area contributed by atoms with Gasteiger partial charge in [-0.05, 0) is 43.4 Å². The van der Waals surface area contributed by atoms with Crippen molar-refractivity contribution < 1.29 is 4.79 Å². The summed E-state index contributed by atoms with van der Waals surface area (Å²) in [4.78, 5) is 19.2. The number of guanidine groups is 1. The fourth-order valence-corrected chi connectivity index (χ4v) is 4.18. The van der Waals surface area contributed by atoms with Crippen molar-refractivity contribution in [3.05, 3.63) is 22.4 Å². The highest BCUT2D eigenvalue weighted by molar-refractivity contribution is 14.0. The van der Waals surface area contributed by atoms with E-state index in [1.165, 1.54) is 17.7 Å². The lowest BCUT2D eigenvalue weighted by molar-refractivity contribution is -0.127. The van der Waals surface area contributed by atoms with Gasteiger partial charge in [-0.3, -0.25) is 4.79 Å². The maximum absolute atomic E-state index is 11.8. The Balaban J connectivity index is 0.00000312. The highest BCUT2D eigenvalue weighted by Gasteiger charge is 2.24. The number of hydrogen-bond donors (Lipinski definition) is 2. The summed E-state index contributed by atoms with van der Waals surface area (Å²) >= 11 is 3.71. The van der Waals surface area contributed by atoms with Crippen molar-refractivity contribution in [2.45, 2.75) is 37.0 Å². The number of thioether (sulfide) groups is 1. The summed E-state index contributed by atoms with van der Waals surface area (Å²) in [5, 5.41) is 9.72. The lowest BCUT2D eigenvalue weighted by atomic mass is 10.2. The van der Waals surface area contributed by atoms with Crippen LogP contribution in [-0.4, -0.2) is 61.5 Å². The second-order valence-electron chi connectivity index (χ2n) is 6.22. The number of rotatable bonds is 7. The summed E-state index contributed by atoms with van der Waals surface area (Å²) in [5.41, 5.74) is 0. The average molecular weight is 496 g/mol. The molecular formula is C17H29IN4OS2. The fraction of sp³-hybridized carbons (Fsp3) is 0.647. The first kappa shape index (κ1) is 22.6. The van der Waals surface area contributed by atoms with Crippen LogP contribution in [0.25, 0.3) is 0 Å². The zero-order valence-corrected chi connectivity index (χ0v) is 19.1. The average Bonchev–Trinajstić information content (AvgIpc) is 3.23. The standard InChI is InChI=1S/C17H28N4OS2.HI/c1-21(2)16(22)12-19-17(18-9-8-14-5-4-10-24-14)20-13-6-7-15(11-13)23-3;/h4-5,10,13,15H,6-9,11-12H2,1-3H3,(H2,18,19,20);1H. The first-order chi connectivity index (χ1) is 11.6. The van der Waals surface area contributed by atoms with Crippen LogP contribution in [0, 0.1) is 0 Å². The van der Waals surface area contributed by atoms with Gasteiger partial charge in [0.25, 0.3) is 0 Å². The molecule has 1 saturated carbocycles. The molecule has 8 heteroatoms. The van der Waals surface area contributed by atoms with Crippen LogP contribution < -0.4 is 10.6 Å². The second-order valence-corrected chi connectivity index (χ2v) is 8.39. The van der Waals surface area contributed by atoms with Gasteiger partial charge >= 0.3 is 0 Å². The molecule has 2 unspecified atom stereocenters. The van der Waals surface area contributed by atoms with E-state index in [2.05, 4.69) is 39.4 Å². The minimum atomic E-state index is 0. The molecule has 1 aliphatic rings. The summed E-state index contributed by atoms with van der Waals surface area (Å²) in [6.45, 7) is 1.00. The third-order valence-corrected chi connectivity index (χ3v) is 6.20. The van der Waals surface area contributed by atoms with E-state index in [4.69, 9.17) is 0 Å². The minimum absolute atomic E-state index is 0. The SMILES string of the molecule is CSC1CCC(NC(=NCC(=O)N(C)C)NCCc2cccs2)C1.I. The molecule has 1 fully saturated rings. The Morgan fingerprint density at radius 3 is 2.84 bits per heavy atom. The number of carbonyl (C=O) groups excluding carboxylic acids is 1. The molecule has 1 aliphatic carbocycles. The summed E-state index contributed by atoms with van der Waals surface area (Å²) in [5.74, 6) is 0.774. The van der Waals surface area contributed by atoms with Crippen molar-refractivity contribution in [3.8, 4) is 0 Å². The van der Waals surface area contributed by atoms with Gasteiger partial charge in [-0.25, -0.2) is 4.99 Å². The molecule has 0 aromatic carbocycles. The van der Waals surface area contributed by atoms with E-state index in [0.717, 1.165) is 30.6 Å². The smallest absolute Gasteiger partial charge is 0.243 e. The largest absolute Gasteiger partial charge is 0.356 e. The van der Waals surface area contributed by atoms with Gasteiger partial charge in [0, 0.05) is 36.8 Å².